The maximum Gasteiger partial charge on any atom is 0.165 e. The first kappa shape index (κ1) is 14.6. The van der Waals surface area contributed by atoms with Crippen molar-refractivity contribution < 1.29 is 19.3 Å². The van der Waals surface area contributed by atoms with Crippen LogP contribution in [0.4, 0.5) is 0 Å². The Morgan fingerprint density at radius 1 is 1.10 bits per heavy atom. The molecule has 0 aliphatic carbocycles. The SMILES string of the molecule is OC1(CNCc2cccc3c2OCCCO3)CCOCC1. The first-order valence-corrected chi connectivity index (χ1v) is 7.65. The lowest BCUT2D eigenvalue weighted by atomic mass is 9.94. The third kappa shape index (κ3) is 3.67. The van der Waals surface area contributed by atoms with Gasteiger partial charge in [-0.1, -0.05) is 12.1 Å². The van der Waals surface area contributed by atoms with Crippen LogP contribution in [-0.4, -0.2) is 43.7 Å². The average Bonchev–Trinajstić information content (AvgIpc) is 2.74. The van der Waals surface area contributed by atoms with Crippen molar-refractivity contribution in [1.29, 1.82) is 0 Å². The maximum absolute atomic E-state index is 10.4. The molecule has 0 aromatic heterocycles. The number of nitrogens with one attached hydrogen (secondary N) is 1. The minimum atomic E-state index is -0.651. The number of fused-ring (bicyclic) bond motifs is 1. The highest BCUT2D eigenvalue weighted by molar-refractivity contribution is 5.47. The third-order valence-corrected chi connectivity index (χ3v) is 4.05. The molecular formula is C16H23NO4. The highest BCUT2D eigenvalue weighted by Gasteiger charge is 2.29. The zero-order chi connectivity index (χ0) is 14.5. The molecule has 2 aliphatic heterocycles. The number of hydrogen-bond donors (Lipinski definition) is 2. The summed E-state index contributed by atoms with van der Waals surface area (Å²) >= 11 is 0. The Labute approximate surface area is 125 Å². The first-order chi connectivity index (χ1) is 10.3. The number of aliphatic hydroxyl groups is 1. The van der Waals surface area contributed by atoms with Gasteiger partial charge in [-0.15, -0.1) is 0 Å². The summed E-state index contributed by atoms with van der Waals surface area (Å²) in [4.78, 5) is 0. The number of hydrogen-bond acceptors (Lipinski definition) is 5. The highest BCUT2D eigenvalue weighted by atomic mass is 16.5. The largest absolute Gasteiger partial charge is 0.490 e. The Morgan fingerprint density at radius 3 is 2.76 bits per heavy atom. The fourth-order valence-electron chi connectivity index (χ4n) is 2.75. The van der Waals surface area contributed by atoms with Crippen molar-refractivity contribution >= 4 is 0 Å². The molecule has 2 N–H and O–H groups in total. The van der Waals surface area contributed by atoms with Crippen molar-refractivity contribution in [3.63, 3.8) is 0 Å². The Kier molecular flexibility index (Phi) is 4.63. The van der Waals surface area contributed by atoms with Crippen LogP contribution in [0.3, 0.4) is 0 Å². The summed E-state index contributed by atoms with van der Waals surface area (Å²) < 4.78 is 16.8. The van der Waals surface area contributed by atoms with Crippen LogP contribution in [0.2, 0.25) is 0 Å². The van der Waals surface area contributed by atoms with Crippen LogP contribution in [0.5, 0.6) is 11.5 Å². The summed E-state index contributed by atoms with van der Waals surface area (Å²) in [6.07, 6.45) is 2.28. The van der Waals surface area contributed by atoms with Gasteiger partial charge in [0.25, 0.3) is 0 Å². The van der Waals surface area contributed by atoms with Crippen molar-refractivity contribution in [3.8, 4) is 11.5 Å². The Balaban J connectivity index is 1.60. The van der Waals surface area contributed by atoms with Crippen LogP contribution >= 0.6 is 0 Å². The van der Waals surface area contributed by atoms with E-state index in [0.717, 1.165) is 23.5 Å². The van der Waals surface area contributed by atoms with E-state index in [0.29, 0.717) is 52.4 Å². The van der Waals surface area contributed by atoms with Crippen LogP contribution in [0.25, 0.3) is 0 Å². The van der Waals surface area contributed by atoms with Crippen LogP contribution in [-0.2, 0) is 11.3 Å². The molecule has 2 heterocycles. The smallest absolute Gasteiger partial charge is 0.165 e. The molecule has 0 bridgehead atoms. The third-order valence-electron chi connectivity index (χ3n) is 4.05. The van der Waals surface area contributed by atoms with Gasteiger partial charge in [-0.25, -0.2) is 0 Å². The van der Waals surface area contributed by atoms with E-state index in [1.54, 1.807) is 0 Å². The number of benzene rings is 1. The standard InChI is InChI=1S/C16H23NO4/c18-16(5-9-19-10-6-16)12-17-11-13-3-1-4-14-15(13)21-8-2-7-20-14/h1,3-4,17-18H,2,5-12H2. The quantitative estimate of drug-likeness (QED) is 0.880. The lowest BCUT2D eigenvalue weighted by Gasteiger charge is -2.32. The van der Waals surface area contributed by atoms with Crippen molar-refractivity contribution in [2.45, 2.75) is 31.4 Å². The molecule has 1 aromatic rings. The Bertz CT molecular complexity index is 471. The molecule has 3 rings (SSSR count). The van der Waals surface area contributed by atoms with Crippen LogP contribution in [0, 0.1) is 0 Å². The van der Waals surface area contributed by atoms with Crippen molar-refractivity contribution in [1.82, 2.24) is 5.32 Å². The fourth-order valence-corrected chi connectivity index (χ4v) is 2.75. The number of ether oxygens (including phenoxy) is 3. The van der Waals surface area contributed by atoms with Crippen LogP contribution < -0.4 is 14.8 Å². The second-order valence-corrected chi connectivity index (χ2v) is 5.74. The molecule has 0 unspecified atom stereocenters. The molecular weight excluding hydrogens is 270 g/mol. The molecule has 1 fully saturated rings. The molecule has 21 heavy (non-hydrogen) atoms. The average molecular weight is 293 g/mol. The van der Waals surface area contributed by atoms with Crippen LogP contribution in [0.15, 0.2) is 18.2 Å². The molecule has 1 aromatic carbocycles. The summed E-state index contributed by atoms with van der Waals surface area (Å²) in [5, 5.41) is 13.8. The van der Waals surface area contributed by atoms with Gasteiger partial charge < -0.3 is 24.6 Å². The van der Waals surface area contributed by atoms with E-state index in [2.05, 4.69) is 5.32 Å². The molecule has 5 heteroatoms. The van der Waals surface area contributed by atoms with Gasteiger partial charge in [0.15, 0.2) is 11.5 Å². The molecule has 0 radical (unpaired) electrons. The van der Waals surface area contributed by atoms with Gasteiger partial charge in [-0.05, 0) is 6.07 Å². The van der Waals surface area contributed by atoms with E-state index < -0.39 is 5.60 Å². The van der Waals surface area contributed by atoms with E-state index in [-0.39, 0.29) is 0 Å². The summed E-state index contributed by atoms with van der Waals surface area (Å²) in [7, 11) is 0. The first-order valence-electron chi connectivity index (χ1n) is 7.65. The molecule has 0 saturated carbocycles. The van der Waals surface area contributed by atoms with E-state index in [9.17, 15) is 5.11 Å². The summed E-state index contributed by atoms with van der Waals surface area (Å²) in [5.41, 5.74) is 0.423. The minimum absolute atomic E-state index is 0.570. The summed E-state index contributed by atoms with van der Waals surface area (Å²) in [6.45, 7) is 3.89. The predicted octanol–water partition coefficient (Wildman–Crippen LogP) is 1.48. The molecule has 2 aliphatic rings. The van der Waals surface area contributed by atoms with Crippen molar-refractivity contribution in [2.24, 2.45) is 0 Å². The van der Waals surface area contributed by atoms with Crippen molar-refractivity contribution in [2.75, 3.05) is 33.0 Å². The van der Waals surface area contributed by atoms with Crippen LogP contribution in [0.1, 0.15) is 24.8 Å². The van der Waals surface area contributed by atoms with Gasteiger partial charge in [0.05, 0.1) is 18.8 Å². The molecule has 0 spiro atoms. The zero-order valence-corrected chi connectivity index (χ0v) is 12.3. The molecule has 0 amide bonds. The van der Waals surface area contributed by atoms with Gasteiger partial charge in [-0.3, -0.25) is 0 Å². The van der Waals surface area contributed by atoms with Crippen molar-refractivity contribution in [3.05, 3.63) is 23.8 Å². The zero-order valence-electron chi connectivity index (χ0n) is 12.3. The van der Waals surface area contributed by atoms with Gasteiger partial charge in [0.1, 0.15) is 0 Å². The summed E-state index contributed by atoms with van der Waals surface area (Å²) in [5.74, 6) is 1.65. The monoisotopic (exact) mass is 293 g/mol. The van der Waals surface area contributed by atoms with E-state index in [1.807, 2.05) is 18.2 Å². The Hall–Kier alpha value is -1.30. The van der Waals surface area contributed by atoms with Gasteiger partial charge in [0.2, 0.25) is 0 Å². The van der Waals surface area contributed by atoms with Gasteiger partial charge >= 0.3 is 0 Å². The molecule has 0 atom stereocenters. The molecule has 116 valence electrons. The second kappa shape index (κ2) is 6.64. The number of para-hydroxylation sites is 1. The minimum Gasteiger partial charge on any atom is -0.490 e. The topological polar surface area (TPSA) is 60.0 Å². The predicted molar refractivity (Wildman–Crippen MR) is 78.8 cm³/mol. The van der Waals surface area contributed by atoms with Gasteiger partial charge in [0, 0.05) is 51.1 Å². The van der Waals surface area contributed by atoms with Gasteiger partial charge in [-0.2, -0.15) is 0 Å². The molecule has 5 nitrogen and oxygen atoms in total. The summed E-state index contributed by atoms with van der Waals surface area (Å²) in [6, 6.07) is 5.96. The fraction of sp³-hybridized carbons (Fsp3) is 0.625. The number of rotatable bonds is 4. The lowest BCUT2D eigenvalue weighted by Crippen LogP contribution is -2.44. The highest BCUT2D eigenvalue weighted by Crippen LogP contribution is 2.33. The van der Waals surface area contributed by atoms with E-state index in [4.69, 9.17) is 14.2 Å². The van der Waals surface area contributed by atoms with E-state index in [1.165, 1.54) is 0 Å². The lowest BCUT2D eigenvalue weighted by molar-refractivity contribution is -0.0617. The maximum atomic E-state index is 10.4. The second-order valence-electron chi connectivity index (χ2n) is 5.74. The Morgan fingerprint density at radius 2 is 1.90 bits per heavy atom. The normalized spacial score (nSPS) is 20.8. The molecule has 1 saturated heterocycles. The van der Waals surface area contributed by atoms with E-state index >= 15 is 0 Å².